The molecule has 0 unspecified atom stereocenters. The van der Waals surface area contributed by atoms with Crippen LogP contribution in [0.15, 0.2) is 18.2 Å². The van der Waals surface area contributed by atoms with Gasteiger partial charge in [0.2, 0.25) is 0 Å². The number of rotatable bonds is 5. The van der Waals surface area contributed by atoms with Gasteiger partial charge in [-0.2, -0.15) is 17.0 Å². The second-order valence-corrected chi connectivity index (χ2v) is 10.1. The Morgan fingerprint density at radius 1 is 1.21 bits per heavy atom. The summed E-state index contributed by atoms with van der Waals surface area (Å²) in [7, 11) is -2.38. The summed E-state index contributed by atoms with van der Waals surface area (Å²) in [6, 6.07) is 4.36. The van der Waals surface area contributed by atoms with Gasteiger partial charge in [-0.25, -0.2) is 9.18 Å². The molecule has 1 heterocycles. The minimum atomic E-state index is -3.79. The summed E-state index contributed by atoms with van der Waals surface area (Å²) in [5, 5.41) is 3.25. The number of halogens is 2. The highest BCUT2D eigenvalue weighted by molar-refractivity contribution is 7.86. The van der Waals surface area contributed by atoms with Gasteiger partial charge in [0, 0.05) is 56.4 Å². The number of nitrogens with zero attached hydrogens (tertiary/aromatic N) is 3. The second-order valence-electron chi connectivity index (χ2n) is 7.63. The summed E-state index contributed by atoms with van der Waals surface area (Å²) in [6.45, 7) is 0.903. The Morgan fingerprint density at radius 3 is 2.48 bits per heavy atom. The first-order chi connectivity index (χ1) is 13.8. The molecule has 7 nitrogen and oxygen atoms in total. The molecule has 0 spiro atoms. The Kier molecular flexibility index (Phi) is 7.37. The maximum Gasteiger partial charge on any atom is 0.317 e. The van der Waals surface area contributed by atoms with Gasteiger partial charge in [-0.05, 0) is 25.0 Å². The molecule has 1 saturated heterocycles. The molecule has 1 N–H and O–H groups in total. The minimum absolute atomic E-state index is 0.125. The molecule has 0 aromatic heterocycles. The number of amides is 2. The molecular formula is C19H28ClFN4O3S. The van der Waals surface area contributed by atoms with Crippen LogP contribution in [0.5, 0.6) is 0 Å². The molecule has 2 fully saturated rings. The highest BCUT2D eigenvalue weighted by atomic mass is 35.5. The van der Waals surface area contributed by atoms with Crippen molar-refractivity contribution in [3.05, 3.63) is 34.6 Å². The summed E-state index contributed by atoms with van der Waals surface area (Å²) < 4.78 is 42.2. The standard InChI is InChI=1S/C19H28ClFN4O3S/c1-23(14-16-17(20)8-5-9-18(16)21)29(27,28)25-12-10-24(11-13-25)19(26)22-15-6-3-2-4-7-15/h5,8-9,15H,2-4,6-7,10-14H2,1H3,(H,22,26). The Balaban J connectivity index is 1.55. The smallest absolute Gasteiger partial charge is 0.317 e. The number of urea groups is 1. The summed E-state index contributed by atoms with van der Waals surface area (Å²) in [6.07, 6.45) is 5.49. The highest BCUT2D eigenvalue weighted by Gasteiger charge is 2.32. The van der Waals surface area contributed by atoms with E-state index in [2.05, 4.69) is 5.32 Å². The van der Waals surface area contributed by atoms with E-state index in [1.807, 2.05) is 0 Å². The van der Waals surface area contributed by atoms with Crippen LogP contribution < -0.4 is 5.32 Å². The van der Waals surface area contributed by atoms with Gasteiger partial charge in [-0.3, -0.25) is 0 Å². The molecule has 2 amide bonds. The summed E-state index contributed by atoms with van der Waals surface area (Å²) in [5.74, 6) is -0.538. The fourth-order valence-electron chi connectivity index (χ4n) is 3.82. The largest absolute Gasteiger partial charge is 0.335 e. The van der Waals surface area contributed by atoms with E-state index < -0.39 is 16.0 Å². The minimum Gasteiger partial charge on any atom is -0.335 e. The summed E-state index contributed by atoms with van der Waals surface area (Å²) in [5.41, 5.74) is 0.144. The number of carbonyl (C=O) groups is 1. The molecule has 162 valence electrons. The number of piperazine rings is 1. The van der Waals surface area contributed by atoms with E-state index in [0.717, 1.165) is 30.0 Å². The zero-order valence-corrected chi connectivity index (χ0v) is 18.2. The van der Waals surface area contributed by atoms with Crippen molar-refractivity contribution in [1.82, 2.24) is 18.8 Å². The Morgan fingerprint density at radius 2 is 1.86 bits per heavy atom. The Labute approximate surface area is 177 Å². The van der Waals surface area contributed by atoms with Crippen LogP contribution in [0.3, 0.4) is 0 Å². The fourth-order valence-corrected chi connectivity index (χ4v) is 5.35. The van der Waals surface area contributed by atoms with E-state index in [9.17, 15) is 17.6 Å². The molecule has 0 bridgehead atoms. The van der Waals surface area contributed by atoms with E-state index in [0.29, 0.717) is 13.1 Å². The average Bonchev–Trinajstić information content (AvgIpc) is 2.71. The van der Waals surface area contributed by atoms with Crippen LogP contribution in [0.4, 0.5) is 9.18 Å². The third-order valence-corrected chi connectivity index (χ3v) is 7.91. The fraction of sp³-hybridized carbons (Fsp3) is 0.632. The molecule has 29 heavy (non-hydrogen) atoms. The van der Waals surface area contributed by atoms with Crippen LogP contribution in [0, 0.1) is 5.82 Å². The van der Waals surface area contributed by atoms with E-state index in [1.165, 1.54) is 36.0 Å². The van der Waals surface area contributed by atoms with Gasteiger partial charge in [0.1, 0.15) is 5.82 Å². The van der Waals surface area contributed by atoms with Gasteiger partial charge in [0.15, 0.2) is 0 Å². The van der Waals surface area contributed by atoms with Crippen molar-refractivity contribution >= 4 is 27.8 Å². The third-order valence-electron chi connectivity index (χ3n) is 5.62. The zero-order valence-electron chi connectivity index (χ0n) is 16.6. The summed E-state index contributed by atoms with van der Waals surface area (Å²) in [4.78, 5) is 14.1. The van der Waals surface area contributed by atoms with Gasteiger partial charge in [-0.1, -0.05) is 36.9 Å². The van der Waals surface area contributed by atoms with Gasteiger partial charge in [0.25, 0.3) is 10.2 Å². The van der Waals surface area contributed by atoms with Gasteiger partial charge in [0.05, 0.1) is 0 Å². The van der Waals surface area contributed by atoms with Crippen molar-refractivity contribution in [3.63, 3.8) is 0 Å². The molecule has 1 saturated carbocycles. The van der Waals surface area contributed by atoms with E-state index in [-0.39, 0.29) is 42.3 Å². The van der Waals surface area contributed by atoms with Gasteiger partial charge in [-0.15, -0.1) is 0 Å². The van der Waals surface area contributed by atoms with E-state index in [4.69, 9.17) is 11.6 Å². The van der Waals surface area contributed by atoms with Crippen LogP contribution in [0.1, 0.15) is 37.7 Å². The highest BCUT2D eigenvalue weighted by Crippen LogP contribution is 2.23. The van der Waals surface area contributed by atoms with Crippen LogP contribution in [-0.2, 0) is 16.8 Å². The molecule has 3 rings (SSSR count). The van der Waals surface area contributed by atoms with Crippen molar-refractivity contribution in [1.29, 1.82) is 0 Å². The number of hydrogen-bond acceptors (Lipinski definition) is 3. The quantitative estimate of drug-likeness (QED) is 0.755. The first kappa shape index (κ1) is 22.3. The molecule has 1 aromatic carbocycles. The van der Waals surface area contributed by atoms with Crippen molar-refractivity contribution in [2.45, 2.75) is 44.7 Å². The van der Waals surface area contributed by atoms with E-state index in [1.54, 1.807) is 4.90 Å². The SMILES string of the molecule is CN(Cc1c(F)cccc1Cl)S(=O)(=O)N1CCN(C(=O)NC2CCCCC2)CC1. The molecule has 0 atom stereocenters. The van der Waals surface area contributed by atoms with Crippen LogP contribution in [0.25, 0.3) is 0 Å². The maximum atomic E-state index is 14.0. The Bertz CT molecular complexity index is 804. The van der Waals surface area contributed by atoms with Crippen LogP contribution in [0.2, 0.25) is 5.02 Å². The van der Waals surface area contributed by atoms with Crippen molar-refractivity contribution in [3.8, 4) is 0 Å². The monoisotopic (exact) mass is 446 g/mol. The van der Waals surface area contributed by atoms with Crippen molar-refractivity contribution in [2.75, 3.05) is 33.2 Å². The number of carbonyl (C=O) groups excluding carboxylic acids is 1. The van der Waals surface area contributed by atoms with Crippen molar-refractivity contribution in [2.24, 2.45) is 0 Å². The Hall–Kier alpha value is -1.42. The predicted molar refractivity (Wildman–Crippen MR) is 110 cm³/mol. The number of hydrogen-bond donors (Lipinski definition) is 1. The first-order valence-corrected chi connectivity index (χ1v) is 11.8. The maximum absolute atomic E-state index is 14.0. The average molecular weight is 447 g/mol. The van der Waals surface area contributed by atoms with E-state index >= 15 is 0 Å². The molecular weight excluding hydrogens is 419 g/mol. The number of nitrogens with one attached hydrogen (secondary N) is 1. The molecule has 2 aliphatic rings. The lowest BCUT2D eigenvalue weighted by molar-refractivity contribution is 0.164. The van der Waals surface area contributed by atoms with Crippen LogP contribution in [-0.4, -0.2) is 67.2 Å². The van der Waals surface area contributed by atoms with Crippen molar-refractivity contribution < 1.29 is 17.6 Å². The van der Waals surface area contributed by atoms with Gasteiger partial charge < -0.3 is 10.2 Å². The lowest BCUT2D eigenvalue weighted by atomic mass is 9.96. The predicted octanol–water partition coefficient (Wildman–Crippen LogP) is 2.82. The van der Waals surface area contributed by atoms with Gasteiger partial charge >= 0.3 is 6.03 Å². The molecule has 1 aliphatic heterocycles. The van der Waals surface area contributed by atoms with Crippen LogP contribution >= 0.6 is 11.6 Å². The lowest BCUT2D eigenvalue weighted by Gasteiger charge is -2.36. The second kappa shape index (κ2) is 9.59. The lowest BCUT2D eigenvalue weighted by Crippen LogP contribution is -2.56. The number of benzene rings is 1. The molecule has 1 aliphatic carbocycles. The normalized spacial score (nSPS) is 19.5. The topological polar surface area (TPSA) is 73.0 Å². The molecule has 10 heteroatoms. The molecule has 1 aromatic rings. The first-order valence-electron chi connectivity index (χ1n) is 9.99. The zero-order chi connectivity index (χ0) is 21.0. The molecule has 0 radical (unpaired) electrons. The third kappa shape index (κ3) is 5.39. The summed E-state index contributed by atoms with van der Waals surface area (Å²) >= 11 is 6.02.